The molecular weight excluding hydrogens is 412 g/mol. The number of hydrogen-bond donors (Lipinski definition) is 0. The van der Waals surface area contributed by atoms with Crippen LogP contribution in [0.3, 0.4) is 0 Å². The number of esters is 1. The summed E-state index contributed by atoms with van der Waals surface area (Å²) in [5.41, 5.74) is 2.24. The van der Waals surface area contributed by atoms with Gasteiger partial charge in [0, 0.05) is 25.7 Å². The minimum absolute atomic E-state index is 0.0849. The van der Waals surface area contributed by atoms with Gasteiger partial charge in [0.2, 0.25) is 0 Å². The Bertz CT molecular complexity index is 841. The highest BCUT2D eigenvalue weighted by atomic mass is 16.7. The molecule has 0 bridgehead atoms. The van der Waals surface area contributed by atoms with E-state index < -0.39 is 0 Å². The van der Waals surface area contributed by atoms with Crippen LogP contribution in [0.15, 0.2) is 11.6 Å². The zero-order chi connectivity index (χ0) is 23.2. The van der Waals surface area contributed by atoms with Crippen molar-refractivity contribution in [3.63, 3.8) is 0 Å². The molecule has 1 spiro atoms. The summed E-state index contributed by atoms with van der Waals surface area (Å²) in [6.45, 7) is 12.3. The van der Waals surface area contributed by atoms with Crippen molar-refractivity contribution in [1.29, 1.82) is 0 Å². The summed E-state index contributed by atoms with van der Waals surface area (Å²) in [6, 6.07) is 0. The Morgan fingerprint density at radius 3 is 2.64 bits per heavy atom. The third-order valence-electron chi connectivity index (χ3n) is 11.7. The molecule has 0 aromatic rings. The Morgan fingerprint density at radius 2 is 1.91 bits per heavy atom. The molecule has 33 heavy (non-hydrogen) atoms. The lowest BCUT2D eigenvalue weighted by atomic mass is 9.47. The molecule has 4 unspecified atom stereocenters. The summed E-state index contributed by atoms with van der Waals surface area (Å²) in [7, 11) is 0. The van der Waals surface area contributed by atoms with E-state index in [0.717, 1.165) is 50.0 Å². The van der Waals surface area contributed by atoms with Crippen molar-refractivity contribution >= 4 is 5.97 Å². The van der Waals surface area contributed by atoms with Gasteiger partial charge in [0.25, 0.3) is 0 Å². The molecule has 2 heterocycles. The average Bonchev–Trinajstić information content (AvgIpc) is 3.21. The van der Waals surface area contributed by atoms with Crippen molar-refractivity contribution in [2.24, 2.45) is 46.3 Å². The van der Waals surface area contributed by atoms with Gasteiger partial charge in [-0.3, -0.25) is 4.79 Å². The number of fused-ring (bicyclic) bond motifs is 7. The standard InChI is InChI=1S/C29H44O4/c1-17-8-13-29(31-16-17)18(2)26-25(33-29)15-24-22-7-6-20-14-21(32-19(3)30)9-11-27(20,4)23(22)10-12-28(24,26)5/h6,17-18,21-26H,7-16H2,1-5H3/t17?,18-,21-,22+,23-,24-,25?,26?,27-,28-,29?/m0/s1. The topological polar surface area (TPSA) is 44.8 Å². The van der Waals surface area contributed by atoms with Crippen LogP contribution in [0.25, 0.3) is 0 Å². The third kappa shape index (κ3) is 3.18. The lowest BCUT2D eigenvalue weighted by Gasteiger charge is -2.58. The van der Waals surface area contributed by atoms with Gasteiger partial charge in [-0.05, 0) is 85.4 Å². The largest absolute Gasteiger partial charge is 0.462 e. The Hall–Kier alpha value is -0.870. The predicted octanol–water partition coefficient (Wildman–Crippen LogP) is 6.28. The maximum Gasteiger partial charge on any atom is 0.302 e. The van der Waals surface area contributed by atoms with Gasteiger partial charge in [-0.15, -0.1) is 0 Å². The van der Waals surface area contributed by atoms with Crippen LogP contribution in [0.5, 0.6) is 0 Å². The molecule has 0 N–H and O–H groups in total. The minimum Gasteiger partial charge on any atom is -0.462 e. The zero-order valence-electron chi connectivity index (χ0n) is 21.4. The Balaban J connectivity index is 1.24. The predicted molar refractivity (Wildman–Crippen MR) is 127 cm³/mol. The van der Waals surface area contributed by atoms with Crippen molar-refractivity contribution in [1.82, 2.24) is 0 Å². The quantitative estimate of drug-likeness (QED) is 0.344. The summed E-state index contributed by atoms with van der Waals surface area (Å²) in [6.07, 6.45) is 13.6. The SMILES string of the molecule is CC(=O)O[C@H]1CC[C@@]2(C)C(=CC[C@@H]3[C@@H]2CC[C@]2(C)C4C(C[C@@H]32)OC2(CCC(C)CO2)[C@H]4C)C1. The van der Waals surface area contributed by atoms with E-state index in [1.54, 1.807) is 12.5 Å². The van der Waals surface area contributed by atoms with Crippen molar-refractivity contribution < 1.29 is 19.0 Å². The van der Waals surface area contributed by atoms with Crippen LogP contribution >= 0.6 is 0 Å². The second-order valence-corrected chi connectivity index (χ2v) is 13.3. The summed E-state index contributed by atoms with van der Waals surface area (Å²) >= 11 is 0. The molecule has 2 saturated heterocycles. The molecule has 0 radical (unpaired) electrons. The van der Waals surface area contributed by atoms with E-state index in [0.29, 0.717) is 29.3 Å². The lowest BCUT2D eigenvalue weighted by molar-refractivity contribution is -0.272. The van der Waals surface area contributed by atoms with Gasteiger partial charge in [0.05, 0.1) is 12.7 Å². The van der Waals surface area contributed by atoms with Crippen LogP contribution in [0.2, 0.25) is 0 Å². The van der Waals surface area contributed by atoms with Gasteiger partial charge in [-0.25, -0.2) is 0 Å². The van der Waals surface area contributed by atoms with Crippen molar-refractivity contribution in [2.45, 2.75) is 110 Å². The first kappa shape index (κ1) is 22.6. The third-order valence-corrected chi connectivity index (χ3v) is 11.7. The van der Waals surface area contributed by atoms with E-state index in [1.807, 2.05) is 0 Å². The zero-order valence-corrected chi connectivity index (χ0v) is 21.4. The van der Waals surface area contributed by atoms with Crippen molar-refractivity contribution in [3.8, 4) is 0 Å². The fraction of sp³-hybridized carbons (Fsp3) is 0.897. The van der Waals surface area contributed by atoms with Crippen molar-refractivity contribution in [2.75, 3.05) is 6.61 Å². The van der Waals surface area contributed by atoms with E-state index in [2.05, 4.69) is 33.8 Å². The fourth-order valence-electron chi connectivity index (χ4n) is 9.98. The molecule has 11 atom stereocenters. The van der Waals surface area contributed by atoms with Gasteiger partial charge in [0.1, 0.15) is 6.10 Å². The summed E-state index contributed by atoms with van der Waals surface area (Å²) in [4.78, 5) is 11.5. The van der Waals surface area contributed by atoms with Crippen LogP contribution in [0.4, 0.5) is 0 Å². The van der Waals surface area contributed by atoms with Crippen LogP contribution in [0.1, 0.15) is 92.4 Å². The lowest BCUT2D eigenvalue weighted by Crippen LogP contribution is -2.52. The summed E-state index contributed by atoms with van der Waals surface area (Å²) in [5, 5.41) is 0. The minimum atomic E-state index is -0.312. The number of ether oxygens (including phenoxy) is 3. The van der Waals surface area contributed by atoms with Crippen LogP contribution in [0, 0.1) is 46.3 Å². The molecule has 4 heteroatoms. The highest BCUT2D eigenvalue weighted by Crippen LogP contribution is 2.70. The molecule has 4 nitrogen and oxygen atoms in total. The number of rotatable bonds is 1. The van der Waals surface area contributed by atoms with Gasteiger partial charge in [-0.2, -0.15) is 0 Å². The fourth-order valence-corrected chi connectivity index (χ4v) is 9.98. The second-order valence-electron chi connectivity index (χ2n) is 13.3. The number of allylic oxidation sites excluding steroid dienone is 1. The molecule has 3 saturated carbocycles. The first-order valence-electron chi connectivity index (χ1n) is 13.8. The summed E-state index contributed by atoms with van der Waals surface area (Å²) in [5.74, 6) is 3.64. The molecule has 6 rings (SSSR count). The van der Waals surface area contributed by atoms with Gasteiger partial charge < -0.3 is 14.2 Å². The summed E-state index contributed by atoms with van der Waals surface area (Å²) < 4.78 is 19.0. The van der Waals surface area contributed by atoms with Crippen molar-refractivity contribution in [3.05, 3.63) is 11.6 Å². The van der Waals surface area contributed by atoms with E-state index in [1.165, 1.54) is 32.1 Å². The van der Waals surface area contributed by atoms with Crippen LogP contribution < -0.4 is 0 Å². The Morgan fingerprint density at radius 1 is 1.09 bits per heavy atom. The molecule has 0 aromatic carbocycles. The smallest absolute Gasteiger partial charge is 0.302 e. The van der Waals surface area contributed by atoms with E-state index >= 15 is 0 Å². The highest BCUT2D eigenvalue weighted by molar-refractivity contribution is 5.66. The Kier molecular flexibility index (Phi) is 5.18. The number of carbonyl (C=O) groups excluding carboxylic acids is 1. The van der Waals surface area contributed by atoms with E-state index in [9.17, 15) is 4.79 Å². The maximum atomic E-state index is 11.5. The normalized spacial score (nSPS) is 55.2. The van der Waals surface area contributed by atoms with Gasteiger partial charge in [0.15, 0.2) is 5.79 Å². The van der Waals surface area contributed by atoms with E-state index in [4.69, 9.17) is 14.2 Å². The Labute approximate surface area is 200 Å². The first-order valence-corrected chi connectivity index (χ1v) is 13.8. The molecule has 0 amide bonds. The number of hydrogen-bond acceptors (Lipinski definition) is 4. The monoisotopic (exact) mass is 456 g/mol. The molecule has 2 aliphatic heterocycles. The second kappa shape index (κ2) is 7.56. The average molecular weight is 457 g/mol. The van der Waals surface area contributed by atoms with Gasteiger partial charge >= 0.3 is 5.97 Å². The van der Waals surface area contributed by atoms with E-state index in [-0.39, 0.29) is 23.3 Å². The number of carbonyl (C=O) groups is 1. The van der Waals surface area contributed by atoms with Gasteiger partial charge in [-0.1, -0.05) is 39.3 Å². The molecule has 184 valence electrons. The molecule has 6 aliphatic rings. The molecule has 4 aliphatic carbocycles. The molecule has 5 fully saturated rings. The molecular formula is C29H44O4. The van der Waals surface area contributed by atoms with Crippen LogP contribution in [-0.2, 0) is 19.0 Å². The maximum absolute atomic E-state index is 11.5. The first-order chi connectivity index (χ1) is 15.7. The highest BCUT2D eigenvalue weighted by Gasteiger charge is 2.68. The molecule has 0 aromatic heterocycles. The van der Waals surface area contributed by atoms with Crippen LogP contribution in [-0.4, -0.2) is 30.6 Å².